The Hall–Kier alpha value is -2.24. The number of hydrogen-bond acceptors (Lipinski definition) is 4. The van der Waals surface area contributed by atoms with E-state index in [9.17, 15) is 9.18 Å². The normalized spacial score (nSPS) is 10.1. The Labute approximate surface area is 90.5 Å². The molecule has 0 aliphatic rings. The Bertz CT molecular complexity index is 511. The van der Waals surface area contributed by atoms with E-state index in [1.54, 1.807) is 13.0 Å². The molecule has 6 heteroatoms. The molecular weight excluding hydrogens is 213 g/mol. The molecule has 82 valence electrons. The smallest absolute Gasteiger partial charge is 0.389 e. The molecule has 16 heavy (non-hydrogen) atoms. The van der Waals surface area contributed by atoms with Crippen molar-refractivity contribution in [2.75, 3.05) is 0 Å². The number of aromatic nitrogens is 3. The zero-order valence-electron chi connectivity index (χ0n) is 8.42. The quantitative estimate of drug-likeness (QED) is 0.736. The Morgan fingerprint density at radius 2 is 2.38 bits per heavy atom. The van der Waals surface area contributed by atoms with Gasteiger partial charge in [-0.05, 0) is 19.1 Å². The zero-order valence-corrected chi connectivity index (χ0v) is 8.42. The molecule has 0 saturated heterocycles. The second-order valence-corrected chi connectivity index (χ2v) is 3.09. The number of carbonyl (C=O) groups excluding carboxylic acids is 1. The number of carbonyl (C=O) groups is 1. The Balaban J connectivity index is 2.18. The average Bonchev–Trinajstić information content (AvgIpc) is 2.75. The molecule has 0 atom stereocenters. The van der Waals surface area contributed by atoms with Crippen molar-refractivity contribution in [3.05, 3.63) is 42.1 Å². The van der Waals surface area contributed by atoms with Crippen molar-refractivity contribution in [1.82, 2.24) is 14.8 Å². The van der Waals surface area contributed by atoms with Gasteiger partial charge in [0.2, 0.25) is 5.88 Å². The van der Waals surface area contributed by atoms with Crippen molar-refractivity contribution >= 4 is 6.09 Å². The largest absolute Gasteiger partial charge is 0.441 e. The van der Waals surface area contributed by atoms with Crippen LogP contribution in [0.2, 0.25) is 0 Å². The molecular formula is C10H8FN3O2. The van der Waals surface area contributed by atoms with E-state index in [4.69, 9.17) is 4.74 Å². The van der Waals surface area contributed by atoms with Crippen LogP contribution in [0.3, 0.4) is 0 Å². The lowest BCUT2D eigenvalue weighted by Crippen LogP contribution is -2.18. The minimum Gasteiger partial charge on any atom is -0.389 e. The highest BCUT2D eigenvalue weighted by atomic mass is 19.1. The number of pyridine rings is 1. The van der Waals surface area contributed by atoms with Gasteiger partial charge >= 0.3 is 6.09 Å². The fourth-order valence-corrected chi connectivity index (χ4v) is 1.14. The molecule has 2 heterocycles. The van der Waals surface area contributed by atoms with Gasteiger partial charge in [0, 0.05) is 18.0 Å². The molecule has 0 bridgehead atoms. The molecule has 0 unspecified atom stereocenters. The average molecular weight is 221 g/mol. The molecule has 0 spiro atoms. The highest BCUT2D eigenvalue weighted by Crippen LogP contribution is 2.14. The van der Waals surface area contributed by atoms with Crippen LogP contribution in [-0.4, -0.2) is 20.9 Å². The molecule has 5 nitrogen and oxygen atoms in total. The summed E-state index contributed by atoms with van der Waals surface area (Å²) in [6.45, 7) is 1.60. The van der Waals surface area contributed by atoms with Crippen LogP contribution in [0.15, 0.2) is 30.7 Å². The summed E-state index contributed by atoms with van der Waals surface area (Å²) in [5.41, 5.74) is 0.445. The predicted molar refractivity (Wildman–Crippen MR) is 52.6 cm³/mol. The summed E-state index contributed by atoms with van der Waals surface area (Å²) in [5, 5.41) is 3.70. The fourth-order valence-electron chi connectivity index (χ4n) is 1.14. The van der Waals surface area contributed by atoms with E-state index in [0.717, 1.165) is 10.9 Å². The molecule has 2 aromatic rings. The first kappa shape index (κ1) is 10.3. The van der Waals surface area contributed by atoms with E-state index in [1.165, 1.54) is 18.5 Å². The fraction of sp³-hybridized carbons (Fsp3) is 0.100. The molecule has 0 radical (unpaired) electrons. The van der Waals surface area contributed by atoms with E-state index in [0.29, 0.717) is 5.56 Å². The van der Waals surface area contributed by atoms with Crippen LogP contribution in [0.4, 0.5) is 9.18 Å². The highest BCUT2D eigenvalue weighted by molar-refractivity contribution is 5.71. The first-order chi connectivity index (χ1) is 7.66. The predicted octanol–water partition coefficient (Wildman–Crippen LogP) is 1.77. The summed E-state index contributed by atoms with van der Waals surface area (Å²) in [6.07, 6.45) is 3.19. The van der Waals surface area contributed by atoms with E-state index in [1.807, 2.05) is 0 Å². The van der Waals surface area contributed by atoms with Gasteiger partial charge in [-0.3, -0.25) is 0 Å². The maximum Gasteiger partial charge on any atom is 0.441 e. The van der Waals surface area contributed by atoms with Gasteiger partial charge in [0.05, 0.1) is 6.20 Å². The molecule has 2 rings (SSSR count). The monoisotopic (exact) mass is 221 g/mol. The van der Waals surface area contributed by atoms with Crippen LogP contribution in [0.1, 0.15) is 5.56 Å². The zero-order chi connectivity index (χ0) is 11.5. The van der Waals surface area contributed by atoms with Gasteiger partial charge in [0.1, 0.15) is 5.82 Å². The van der Waals surface area contributed by atoms with Crippen molar-refractivity contribution in [2.24, 2.45) is 0 Å². The summed E-state index contributed by atoms with van der Waals surface area (Å²) < 4.78 is 18.7. The highest BCUT2D eigenvalue weighted by Gasteiger charge is 2.11. The summed E-state index contributed by atoms with van der Waals surface area (Å²) in [5.74, 6) is -0.404. The third-order valence-corrected chi connectivity index (χ3v) is 1.87. The summed E-state index contributed by atoms with van der Waals surface area (Å²) in [7, 11) is 0. The van der Waals surface area contributed by atoms with Crippen LogP contribution >= 0.6 is 0 Å². The minimum atomic E-state index is -0.688. The first-order valence-electron chi connectivity index (χ1n) is 4.51. The maximum absolute atomic E-state index is 12.7. The van der Waals surface area contributed by atoms with Crippen molar-refractivity contribution in [3.63, 3.8) is 0 Å². The van der Waals surface area contributed by atoms with Gasteiger partial charge in [-0.1, -0.05) is 0 Å². The van der Waals surface area contributed by atoms with Crippen molar-refractivity contribution in [3.8, 4) is 5.88 Å². The SMILES string of the molecule is Cc1cc(F)cnc1OC(=O)n1cccn1. The third kappa shape index (κ3) is 2.05. The van der Waals surface area contributed by atoms with E-state index >= 15 is 0 Å². The van der Waals surface area contributed by atoms with Gasteiger partial charge in [-0.2, -0.15) is 9.78 Å². The molecule has 0 saturated carbocycles. The van der Waals surface area contributed by atoms with Gasteiger partial charge in [0.15, 0.2) is 0 Å². The number of hydrogen-bond donors (Lipinski definition) is 0. The molecule has 0 aliphatic carbocycles. The van der Waals surface area contributed by atoms with Gasteiger partial charge in [-0.15, -0.1) is 0 Å². The number of aryl methyl sites for hydroxylation is 1. The number of ether oxygens (including phenoxy) is 1. The van der Waals surface area contributed by atoms with Crippen LogP contribution < -0.4 is 4.74 Å². The van der Waals surface area contributed by atoms with E-state index in [-0.39, 0.29) is 5.88 Å². The van der Waals surface area contributed by atoms with Crippen molar-refractivity contribution in [1.29, 1.82) is 0 Å². The van der Waals surface area contributed by atoms with E-state index in [2.05, 4.69) is 10.1 Å². The molecule has 0 fully saturated rings. The van der Waals surface area contributed by atoms with Crippen LogP contribution in [0.5, 0.6) is 5.88 Å². The van der Waals surface area contributed by atoms with Crippen LogP contribution in [0.25, 0.3) is 0 Å². The standard InChI is InChI=1S/C10H8FN3O2/c1-7-5-8(11)6-12-9(7)16-10(15)14-4-2-3-13-14/h2-6H,1H3. The molecule has 2 aromatic heterocycles. The Morgan fingerprint density at radius 1 is 1.56 bits per heavy atom. The van der Waals surface area contributed by atoms with Gasteiger partial charge in [-0.25, -0.2) is 14.2 Å². The topological polar surface area (TPSA) is 57.0 Å². The lowest BCUT2D eigenvalue weighted by atomic mass is 10.3. The Morgan fingerprint density at radius 3 is 3.00 bits per heavy atom. The Kier molecular flexibility index (Phi) is 2.63. The second-order valence-electron chi connectivity index (χ2n) is 3.09. The minimum absolute atomic E-state index is 0.0712. The van der Waals surface area contributed by atoms with Gasteiger partial charge < -0.3 is 4.74 Å². The number of nitrogens with zero attached hydrogens (tertiary/aromatic N) is 3. The van der Waals surface area contributed by atoms with Crippen LogP contribution in [-0.2, 0) is 0 Å². The molecule has 0 N–H and O–H groups in total. The second kappa shape index (κ2) is 4.09. The molecule has 0 aromatic carbocycles. The number of halogens is 1. The summed E-state index contributed by atoms with van der Waals surface area (Å²) in [6, 6.07) is 2.82. The van der Waals surface area contributed by atoms with Crippen molar-refractivity contribution < 1.29 is 13.9 Å². The van der Waals surface area contributed by atoms with Crippen molar-refractivity contribution in [2.45, 2.75) is 6.92 Å². The third-order valence-electron chi connectivity index (χ3n) is 1.87. The summed E-state index contributed by atoms with van der Waals surface area (Å²) >= 11 is 0. The summed E-state index contributed by atoms with van der Waals surface area (Å²) in [4.78, 5) is 15.1. The molecule has 0 amide bonds. The van der Waals surface area contributed by atoms with Gasteiger partial charge in [0.25, 0.3) is 0 Å². The lowest BCUT2D eigenvalue weighted by molar-refractivity contribution is 0.196. The molecule has 0 aliphatic heterocycles. The number of rotatable bonds is 1. The maximum atomic E-state index is 12.7. The lowest BCUT2D eigenvalue weighted by Gasteiger charge is -2.05. The first-order valence-corrected chi connectivity index (χ1v) is 4.51. The van der Waals surface area contributed by atoms with E-state index < -0.39 is 11.9 Å². The van der Waals surface area contributed by atoms with Crippen LogP contribution in [0, 0.1) is 12.7 Å².